The lowest BCUT2D eigenvalue weighted by molar-refractivity contribution is 0.0947. The predicted octanol–water partition coefficient (Wildman–Crippen LogP) is 4.17. The fourth-order valence-electron chi connectivity index (χ4n) is 3.45. The van der Waals surface area contributed by atoms with Gasteiger partial charge in [-0.25, -0.2) is 0 Å². The smallest absolute Gasteiger partial charge is 0.0594 e. The molecule has 2 unspecified atom stereocenters. The van der Waals surface area contributed by atoms with Gasteiger partial charge in [-0.2, -0.15) is 0 Å². The molecule has 1 aromatic rings. The van der Waals surface area contributed by atoms with Crippen LogP contribution in [0.1, 0.15) is 68.5 Å². The predicted molar refractivity (Wildman–Crippen MR) is 83.0 cm³/mol. The molecule has 3 rings (SSSR count). The first kappa shape index (κ1) is 14.1. The number of benzene rings is 1. The normalized spacial score (nSPS) is 24.6. The number of hydrogen-bond acceptors (Lipinski definition) is 2. The highest BCUT2D eigenvalue weighted by molar-refractivity contribution is 5.29. The average molecular weight is 273 g/mol. The van der Waals surface area contributed by atoms with Crippen molar-refractivity contribution >= 4 is 0 Å². The van der Waals surface area contributed by atoms with E-state index in [-0.39, 0.29) is 0 Å². The maximum absolute atomic E-state index is 5.82. The molecule has 2 heteroatoms. The van der Waals surface area contributed by atoms with Crippen molar-refractivity contribution < 1.29 is 4.74 Å². The molecule has 1 N–H and O–H groups in total. The van der Waals surface area contributed by atoms with E-state index in [1.165, 1.54) is 37.7 Å². The van der Waals surface area contributed by atoms with Crippen molar-refractivity contribution in [3.05, 3.63) is 35.4 Å². The van der Waals surface area contributed by atoms with Gasteiger partial charge in [0, 0.05) is 12.6 Å². The molecule has 20 heavy (non-hydrogen) atoms. The van der Waals surface area contributed by atoms with Crippen LogP contribution < -0.4 is 5.32 Å². The Kier molecular flexibility index (Phi) is 4.74. The molecule has 1 heterocycles. The first-order valence-electron chi connectivity index (χ1n) is 8.31. The second-order valence-electron chi connectivity index (χ2n) is 6.28. The van der Waals surface area contributed by atoms with E-state index >= 15 is 0 Å². The van der Waals surface area contributed by atoms with Crippen molar-refractivity contribution in [2.75, 3.05) is 13.2 Å². The quantitative estimate of drug-likeness (QED) is 0.839. The van der Waals surface area contributed by atoms with Crippen LogP contribution in [0.5, 0.6) is 0 Å². The molecule has 0 aromatic heterocycles. The van der Waals surface area contributed by atoms with Crippen LogP contribution in [0, 0.1) is 0 Å². The van der Waals surface area contributed by atoms with Crippen LogP contribution in [-0.2, 0) is 4.74 Å². The van der Waals surface area contributed by atoms with Gasteiger partial charge < -0.3 is 10.1 Å². The van der Waals surface area contributed by atoms with Crippen LogP contribution in [0.15, 0.2) is 24.3 Å². The summed E-state index contributed by atoms with van der Waals surface area (Å²) in [6.07, 6.45) is 8.17. The Hall–Kier alpha value is -0.860. The summed E-state index contributed by atoms with van der Waals surface area (Å²) < 4.78 is 5.82. The van der Waals surface area contributed by atoms with Crippen LogP contribution in [-0.4, -0.2) is 19.3 Å². The summed E-state index contributed by atoms with van der Waals surface area (Å²) in [5, 5.41) is 3.65. The molecule has 0 radical (unpaired) electrons. The molecule has 2 atom stereocenters. The Morgan fingerprint density at radius 3 is 2.80 bits per heavy atom. The van der Waals surface area contributed by atoms with Gasteiger partial charge in [0.1, 0.15) is 0 Å². The SMILES string of the molecule is CCNC(CC1CCCO1)c1cccc(C2CCC2)c1. The largest absolute Gasteiger partial charge is 0.378 e. The monoisotopic (exact) mass is 273 g/mol. The minimum atomic E-state index is 0.447. The van der Waals surface area contributed by atoms with Gasteiger partial charge in [-0.05, 0) is 55.7 Å². The lowest BCUT2D eigenvalue weighted by Crippen LogP contribution is -2.25. The number of nitrogens with one attached hydrogen (secondary N) is 1. The molecule has 1 aliphatic carbocycles. The molecule has 0 bridgehead atoms. The van der Waals surface area contributed by atoms with E-state index in [0.717, 1.165) is 25.5 Å². The highest BCUT2D eigenvalue weighted by Gasteiger charge is 2.23. The Morgan fingerprint density at radius 2 is 2.15 bits per heavy atom. The molecule has 1 saturated heterocycles. The van der Waals surface area contributed by atoms with Crippen LogP contribution in [0.25, 0.3) is 0 Å². The van der Waals surface area contributed by atoms with Gasteiger partial charge in [-0.15, -0.1) is 0 Å². The molecule has 2 nitrogen and oxygen atoms in total. The van der Waals surface area contributed by atoms with E-state index in [2.05, 4.69) is 36.5 Å². The Morgan fingerprint density at radius 1 is 1.25 bits per heavy atom. The van der Waals surface area contributed by atoms with E-state index in [1.54, 1.807) is 5.56 Å². The molecule has 1 aliphatic heterocycles. The molecule has 2 fully saturated rings. The third-order valence-electron chi connectivity index (χ3n) is 4.86. The van der Waals surface area contributed by atoms with Crippen molar-refractivity contribution in [2.24, 2.45) is 0 Å². The molecule has 0 spiro atoms. The molecular weight excluding hydrogens is 246 g/mol. The molecule has 2 aliphatic rings. The Labute approximate surface area is 122 Å². The zero-order chi connectivity index (χ0) is 13.8. The first-order chi connectivity index (χ1) is 9.86. The van der Waals surface area contributed by atoms with E-state index in [1.807, 2.05) is 0 Å². The summed E-state index contributed by atoms with van der Waals surface area (Å²) in [5.74, 6) is 0.819. The maximum atomic E-state index is 5.82. The van der Waals surface area contributed by atoms with Crippen molar-refractivity contribution in [1.29, 1.82) is 0 Å². The Bertz CT molecular complexity index is 421. The van der Waals surface area contributed by atoms with Crippen molar-refractivity contribution in [1.82, 2.24) is 5.32 Å². The molecule has 1 aromatic carbocycles. The summed E-state index contributed by atoms with van der Waals surface area (Å²) in [4.78, 5) is 0. The van der Waals surface area contributed by atoms with Gasteiger partial charge in [-0.1, -0.05) is 37.6 Å². The summed E-state index contributed by atoms with van der Waals surface area (Å²) in [6, 6.07) is 9.71. The summed E-state index contributed by atoms with van der Waals surface area (Å²) in [6.45, 7) is 4.16. The van der Waals surface area contributed by atoms with Gasteiger partial charge in [0.05, 0.1) is 6.10 Å². The minimum Gasteiger partial charge on any atom is -0.378 e. The zero-order valence-electron chi connectivity index (χ0n) is 12.6. The topological polar surface area (TPSA) is 21.3 Å². The number of hydrogen-bond donors (Lipinski definition) is 1. The van der Waals surface area contributed by atoms with Crippen molar-refractivity contribution in [3.8, 4) is 0 Å². The highest BCUT2D eigenvalue weighted by Crippen LogP contribution is 2.37. The molecule has 0 amide bonds. The minimum absolute atomic E-state index is 0.447. The number of rotatable bonds is 6. The third-order valence-corrected chi connectivity index (χ3v) is 4.86. The lowest BCUT2D eigenvalue weighted by atomic mass is 9.79. The van der Waals surface area contributed by atoms with Crippen LogP contribution in [0.2, 0.25) is 0 Å². The van der Waals surface area contributed by atoms with Gasteiger partial charge in [0.25, 0.3) is 0 Å². The van der Waals surface area contributed by atoms with Gasteiger partial charge in [0.2, 0.25) is 0 Å². The third kappa shape index (κ3) is 3.24. The summed E-state index contributed by atoms with van der Waals surface area (Å²) in [5.41, 5.74) is 3.00. The lowest BCUT2D eigenvalue weighted by Gasteiger charge is -2.28. The van der Waals surface area contributed by atoms with Crippen LogP contribution >= 0.6 is 0 Å². The first-order valence-corrected chi connectivity index (χ1v) is 8.31. The Balaban J connectivity index is 1.71. The zero-order valence-corrected chi connectivity index (χ0v) is 12.6. The van der Waals surface area contributed by atoms with Crippen LogP contribution in [0.3, 0.4) is 0 Å². The molecule has 110 valence electrons. The number of ether oxygens (including phenoxy) is 1. The van der Waals surface area contributed by atoms with Crippen molar-refractivity contribution in [3.63, 3.8) is 0 Å². The van der Waals surface area contributed by atoms with E-state index in [4.69, 9.17) is 4.74 Å². The second kappa shape index (κ2) is 6.73. The fraction of sp³-hybridized carbons (Fsp3) is 0.667. The molecular formula is C18H27NO. The highest BCUT2D eigenvalue weighted by atomic mass is 16.5. The van der Waals surface area contributed by atoms with Gasteiger partial charge in [-0.3, -0.25) is 0 Å². The van der Waals surface area contributed by atoms with Crippen LogP contribution in [0.4, 0.5) is 0 Å². The molecule has 1 saturated carbocycles. The standard InChI is InChI=1S/C18H27NO/c1-2-19-18(13-17-10-5-11-20-17)16-9-4-8-15(12-16)14-6-3-7-14/h4,8-9,12,14,17-19H,2-3,5-7,10-11,13H2,1H3. The average Bonchev–Trinajstić information content (AvgIpc) is 2.90. The van der Waals surface area contributed by atoms with E-state index < -0.39 is 0 Å². The van der Waals surface area contributed by atoms with Crippen molar-refractivity contribution in [2.45, 2.75) is 63.5 Å². The van der Waals surface area contributed by atoms with E-state index in [0.29, 0.717) is 12.1 Å². The summed E-state index contributed by atoms with van der Waals surface area (Å²) in [7, 11) is 0. The van der Waals surface area contributed by atoms with Gasteiger partial charge >= 0.3 is 0 Å². The maximum Gasteiger partial charge on any atom is 0.0594 e. The second-order valence-corrected chi connectivity index (χ2v) is 6.28. The van der Waals surface area contributed by atoms with E-state index in [9.17, 15) is 0 Å². The van der Waals surface area contributed by atoms with Gasteiger partial charge in [0.15, 0.2) is 0 Å². The summed E-state index contributed by atoms with van der Waals surface area (Å²) >= 11 is 0. The fourth-order valence-corrected chi connectivity index (χ4v) is 3.45.